The second kappa shape index (κ2) is 7.29. The molecule has 0 unspecified atom stereocenters. The van der Waals surface area contributed by atoms with Gasteiger partial charge in [-0.15, -0.1) is 0 Å². The highest BCUT2D eigenvalue weighted by atomic mass is 16.5. The van der Waals surface area contributed by atoms with Gasteiger partial charge in [0.15, 0.2) is 0 Å². The van der Waals surface area contributed by atoms with Crippen LogP contribution in [0.25, 0.3) is 0 Å². The summed E-state index contributed by atoms with van der Waals surface area (Å²) in [5, 5.41) is 2.91. The lowest BCUT2D eigenvalue weighted by molar-refractivity contribution is -0.112. The Kier molecular flexibility index (Phi) is 5.16. The van der Waals surface area contributed by atoms with Crippen molar-refractivity contribution in [3.63, 3.8) is 0 Å². The summed E-state index contributed by atoms with van der Waals surface area (Å²) in [6.07, 6.45) is 2.35. The number of anilines is 1. The van der Waals surface area contributed by atoms with Gasteiger partial charge in [-0.2, -0.15) is 0 Å². The number of amides is 1. The molecule has 0 radical (unpaired) electrons. The standard InChI is InChI=1S/C18H19NO2/c1-3-15-9-7-8-12-17(15)19-18(20)14(2)13-21-16-10-5-4-6-11-16/h4-13H,3H2,1-2H3,(H,19,20)/b14-13+. The van der Waals surface area contributed by atoms with Crippen LogP contribution in [0.15, 0.2) is 66.4 Å². The van der Waals surface area contributed by atoms with Crippen molar-refractivity contribution in [2.75, 3.05) is 5.32 Å². The minimum absolute atomic E-state index is 0.160. The van der Waals surface area contributed by atoms with Crippen LogP contribution in [0.2, 0.25) is 0 Å². The molecule has 2 rings (SSSR count). The molecule has 0 spiro atoms. The minimum atomic E-state index is -0.160. The first-order valence-corrected chi connectivity index (χ1v) is 6.98. The molecule has 2 aromatic carbocycles. The van der Waals surface area contributed by atoms with Gasteiger partial charge >= 0.3 is 0 Å². The molecule has 0 aliphatic rings. The Labute approximate surface area is 125 Å². The topological polar surface area (TPSA) is 38.3 Å². The fourth-order valence-corrected chi connectivity index (χ4v) is 1.88. The molecule has 1 amide bonds. The van der Waals surface area contributed by atoms with Crippen LogP contribution in [-0.2, 0) is 11.2 Å². The normalized spacial score (nSPS) is 11.0. The van der Waals surface area contributed by atoms with E-state index in [1.807, 2.05) is 54.6 Å². The average Bonchev–Trinajstić information content (AvgIpc) is 2.54. The van der Waals surface area contributed by atoms with Crippen molar-refractivity contribution < 1.29 is 9.53 Å². The predicted molar refractivity (Wildman–Crippen MR) is 85.3 cm³/mol. The summed E-state index contributed by atoms with van der Waals surface area (Å²) in [4.78, 5) is 12.1. The van der Waals surface area contributed by atoms with Gasteiger partial charge in [-0.05, 0) is 37.1 Å². The Morgan fingerprint density at radius 3 is 2.48 bits per heavy atom. The lowest BCUT2D eigenvalue weighted by Gasteiger charge is -2.10. The smallest absolute Gasteiger partial charge is 0.254 e. The molecule has 0 saturated carbocycles. The van der Waals surface area contributed by atoms with Gasteiger partial charge in [0.25, 0.3) is 5.91 Å². The Hall–Kier alpha value is -2.55. The molecule has 3 nitrogen and oxygen atoms in total. The number of para-hydroxylation sites is 2. The second-order valence-electron chi connectivity index (χ2n) is 4.70. The Bertz CT molecular complexity index is 633. The van der Waals surface area contributed by atoms with E-state index in [1.165, 1.54) is 6.26 Å². The summed E-state index contributed by atoms with van der Waals surface area (Å²) in [6, 6.07) is 17.2. The molecular weight excluding hydrogens is 262 g/mol. The molecule has 0 aliphatic carbocycles. The number of ether oxygens (including phenoxy) is 1. The van der Waals surface area contributed by atoms with Crippen LogP contribution in [-0.4, -0.2) is 5.91 Å². The van der Waals surface area contributed by atoms with E-state index in [-0.39, 0.29) is 5.91 Å². The van der Waals surface area contributed by atoms with Gasteiger partial charge in [0.05, 0.1) is 6.26 Å². The number of hydrogen-bond donors (Lipinski definition) is 1. The van der Waals surface area contributed by atoms with Crippen molar-refractivity contribution in [2.45, 2.75) is 20.3 Å². The molecule has 21 heavy (non-hydrogen) atoms. The van der Waals surface area contributed by atoms with E-state index in [0.29, 0.717) is 11.3 Å². The molecule has 0 bridgehead atoms. The maximum absolute atomic E-state index is 12.1. The molecular formula is C18H19NO2. The van der Waals surface area contributed by atoms with E-state index in [1.54, 1.807) is 6.92 Å². The Balaban J connectivity index is 2.02. The number of carbonyl (C=O) groups is 1. The van der Waals surface area contributed by atoms with E-state index in [2.05, 4.69) is 12.2 Å². The lowest BCUT2D eigenvalue weighted by Crippen LogP contribution is -2.14. The van der Waals surface area contributed by atoms with Crippen molar-refractivity contribution in [3.8, 4) is 5.75 Å². The van der Waals surface area contributed by atoms with E-state index in [9.17, 15) is 4.79 Å². The predicted octanol–water partition coefficient (Wildman–Crippen LogP) is 4.17. The van der Waals surface area contributed by atoms with Crippen LogP contribution in [0.5, 0.6) is 5.75 Å². The molecule has 0 atom stereocenters. The van der Waals surface area contributed by atoms with Gasteiger partial charge in [-0.1, -0.05) is 43.3 Å². The van der Waals surface area contributed by atoms with Crippen molar-refractivity contribution in [3.05, 3.63) is 72.0 Å². The maximum atomic E-state index is 12.1. The molecule has 0 aromatic heterocycles. The molecule has 0 aliphatic heterocycles. The third kappa shape index (κ3) is 4.21. The second-order valence-corrected chi connectivity index (χ2v) is 4.70. The van der Waals surface area contributed by atoms with E-state index in [4.69, 9.17) is 4.74 Å². The Morgan fingerprint density at radius 2 is 1.76 bits per heavy atom. The van der Waals surface area contributed by atoms with E-state index < -0.39 is 0 Å². The van der Waals surface area contributed by atoms with Crippen LogP contribution < -0.4 is 10.1 Å². The molecule has 108 valence electrons. The molecule has 3 heteroatoms. The molecule has 0 fully saturated rings. The third-order valence-corrected chi connectivity index (χ3v) is 3.12. The van der Waals surface area contributed by atoms with Gasteiger partial charge in [-0.3, -0.25) is 4.79 Å². The summed E-state index contributed by atoms with van der Waals surface area (Å²) in [7, 11) is 0. The number of hydrogen-bond acceptors (Lipinski definition) is 2. The summed E-state index contributed by atoms with van der Waals surface area (Å²) < 4.78 is 5.46. The highest BCUT2D eigenvalue weighted by Gasteiger charge is 2.07. The van der Waals surface area contributed by atoms with Gasteiger partial charge in [0, 0.05) is 11.3 Å². The third-order valence-electron chi connectivity index (χ3n) is 3.12. The highest BCUT2D eigenvalue weighted by Crippen LogP contribution is 2.16. The van der Waals surface area contributed by atoms with Crippen molar-refractivity contribution in [1.82, 2.24) is 0 Å². The van der Waals surface area contributed by atoms with Crippen LogP contribution in [0.3, 0.4) is 0 Å². The summed E-state index contributed by atoms with van der Waals surface area (Å²) in [6.45, 7) is 3.79. The SMILES string of the molecule is CCc1ccccc1NC(=O)/C(C)=C/Oc1ccccc1. The van der Waals surface area contributed by atoms with Crippen LogP contribution in [0.1, 0.15) is 19.4 Å². The molecule has 2 aromatic rings. The first-order chi connectivity index (χ1) is 10.2. The number of nitrogens with one attached hydrogen (secondary N) is 1. The number of benzene rings is 2. The van der Waals surface area contributed by atoms with Gasteiger partial charge in [-0.25, -0.2) is 0 Å². The fraction of sp³-hybridized carbons (Fsp3) is 0.167. The quantitative estimate of drug-likeness (QED) is 0.660. The minimum Gasteiger partial charge on any atom is -0.465 e. The maximum Gasteiger partial charge on any atom is 0.254 e. The first kappa shape index (κ1) is 14.9. The first-order valence-electron chi connectivity index (χ1n) is 6.98. The summed E-state index contributed by atoms with van der Waals surface area (Å²) >= 11 is 0. The van der Waals surface area contributed by atoms with Gasteiger partial charge < -0.3 is 10.1 Å². The van der Waals surface area contributed by atoms with Crippen LogP contribution in [0.4, 0.5) is 5.69 Å². The van der Waals surface area contributed by atoms with Crippen LogP contribution >= 0.6 is 0 Å². The van der Waals surface area contributed by atoms with Crippen molar-refractivity contribution in [2.24, 2.45) is 0 Å². The monoisotopic (exact) mass is 281 g/mol. The van der Waals surface area contributed by atoms with Crippen molar-refractivity contribution in [1.29, 1.82) is 0 Å². The largest absolute Gasteiger partial charge is 0.465 e. The fourth-order valence-electron chi connectivity index (χ4n) is 1.88. The van der Waals surface area contributed by atoms with Crippen molar-refractivity contribution >= 4 is 11.6 Å². The highest BCUT2D eigenvalue weighted by molar-refractivity contribution is 6.03. The van der Waals surface area contributed by atoms with Gasteiger partial charge in [0.1, 0.15) is 5.75 Å². The Morgan fingerprint density at radius 1 is 1.10 bits per heavy atom. The van der Waals surface area contributed by atoms with E-state index in [0.717, 1.165) is 17.7 Å². The lowest BCUT2D eigenvalue weighted by atomic mass is 10.1. The van der Waals surface area contributed by atoms with E-state index >= 15 is 0 Å². The number of aryl methyl sites for hydroxylation is 1. The van der Waals surface area contributed by atoms with Crippen LogP contribution in [0, 0.1) is 0 Å². The molecule has 0 saturated heterocycles. The van der Waals surface area contributed by atoms with Gasteiger partial charge in [0.2, 0.25) is 0 Å². The molecule has 0 heterocycles. The zero-order valence-corrected chi connectivity index (χ0v) is 12.3. The zero-order valence-electron chi connectivity index (χ0n) is 12.3. The average molecular weight is 281 g/mol. The summed E-state index contributed by atoms with van der Waals surface area (Å²) in [5.41, 5.74) is 2.48. The molecule has 1 N–H and O–H groups in total. The zero-order chi connectivity index (χ0) is 15.1. The number of carbonyl (C=O) groups excluding carboxylic acids is 1. The number of rotatable bonds is 5. The summed E-state index contributed by atoms with van der Waals surface area (Å²) in [5.74, 6) is 0.547.